The molecule has 1 aliphatic heterocycles. The Balaban J connectivity index is 1.47. The molecule has 4 rings (SSSR count). The number of nitrogens with zero attached hydrogens (tertiary/aromatic N) is 4. The minimum Gasteiger partial charge on any atom is -0.493 e. The molecule has 1 aliphatic carbocycles. The van der Waals surface area contributed by atoms with E-state index >= 15 is 0 Å². The molecular weight excluding hydrogens is 503 g/mol. The summed E-state index contributed by atoms with van der Waals surface area (Å²) in [5, 5.41) is 3.91. The zero-order valence-corrected chi connectivity index (χ0v) is 21.5. The Morgan fingerprint density at radius 1 is 1.21 bits per heavy atom. The van der Waals surface area contributed by atoms with Gasteiger partial charge in [0.25, 0.3) is 5.91 Å². The molecule has 2 aliphatic rings. The molecule has 0 radical (unpaired) electrons. The molecule has 0 unspecified atom stereocenters. The highest BCUT2D eigenvalue weighted by Gasteiger charge is 2.36. The number of likely N-dealkylation sites (tertiary alicyclic amines) is 1. The van der Waals surface area contributed by atoms with E-state index in [0.29, 0.717) is 25.5 Å². The molecule has 1 saturated carbocycles. The smallest absolute Gasteiger partial charge is 0.419 e. The predicted octanol–water partition coefficient (Wildman–Crippen LogP) is 5.12. The molecule has 2 aromatic rings. The van der Waals surface area contributed by atoms with Crippen LogP contribution in [-0.2, 0) is 15.7 Å². The average molecular weight is 538 g/mol. The Bertz CT molecular complexity index is 1110. The van der Waals surface area contributed by atoms with E-state index in [1.807, 2.05) is 0 Å². The third kappa shape index (κ3) is 7.03. The van der Waals surface area contributed by atoms with Gasteiger partial charge in [-0.05, 0) is 50.3 Å². The molecule has 208 valence electrons. The van der Waals surface area contributed by atoms with Crippen LogP contribution in [-0.4, -0.2) is 53.3 Å². The number of nitrogens with two attached hydrogens (primary N) is 1. The van der Waals surface area contributed by atoms with Crippen LogP contribution < -0.4 is 10.5 Å². The van der Waals surface area contributed by atoms with Crippen LogP contribution in [0.4, 0.5) is 13.2 Å². The first-order valence-corrected chi connectivity index (χ1v) is 13.2. The number of aromatic nitrogens is 2. The first-order chi connectivity index (χ1) is 18.3. The summed E-state index contributed by atoms with van der Waals surface area (Å²) < 4.78 is 57.7. The Morgan fingerprint density at radius 3 is 2.74 bits per heavy atom. The van der Waals surface area contributed by atoms with Crippen molar-refractivity contribution in [3.8, 4) is 17.1 Å². The number of carbonyl (C=O) groups excluding carboxylic acids is 1. The lowest BCUT2D eigenvalue weighted by molar-refractivity contribution is -0.139. The number of halogens is 3. The second-order valence-electron chi connectivity index (χ2n) is 9.66. The van der Waals surface area contributed by atoms with Crippen LogP contribution in [0.2, 0.25) is 0 Å². The monoisotopic (exact) mass is 537 g/mol. The number of alkyl halides is 3. The zero-order valence-electron chi connectivity index (χ0n) is 21.5. The number of ether oxygens (including phenoxy) is 2. The lowest BCUT2D eigenvalue weighted by Gasteiger charge is -2.22. The van der Waals surface area contributed by atoms with Gasteiger partial charge in [0.05, 0.1) is 12.2 Å². The molecule has 1 aromatic carbocycles. The minimum atomic E-state index is -4.61. The van der Waals surface area contributed by atoms with Crippen LogP contribution in [0, 0.1) is 5.92 Å². The minimum absolute atomic E-state index is 0.00559. The molecule has 1 aromatic heterocycles. The van der Waals surface area contributed by atoms with Crippen molar-refractivity contribution in [2.24, 2.45) is 16.6 Å². The van der Waals surface area contributed by atoms with Crippen molar-refractivity contribution in [1.82, 2.24) is 15.0 Å². The maximum atomic E-state index is 13.9. The zero-order chi connectivity index (χ0) is 27.1. The molecule has 2 fully saturated rings. The van der Waals surface area contributed by atoms with Crippen LogP contribution in [0.5, 0.6) is 5.75 Å². The molecule has 1 saturated heterocycles. The van der Waals surface area contributed by atoms with Gasteiger partial charge in [0, 0.05) is 18.7 Å². The maximum Gasteiger partial charge on any atom is 0.419 e. The lowest BCUT2D eigenvalue weighted by Crippen LogP contribution is -2.37. The van der Waals surface area contributed by atoms with Crippen molar-refractivity contribution in [3.05, 3.63) is 29.7 Å². The molecule has 9 nitrogen and oxygen atoms in total. The highest BCUT2D eigenvalue weighted by atomic mass is 19.4. The van der Waals surface area contributed by atoms with E-state index in [2.05, 4.69) is 15.1 Å². The van der Waals surface area contributed by atoms with E-state index in [4.69, 9.17) is 19.7 Å². The molecule has 0 spiro atoms. The Hall–Kier alpha value is -3.15. The van der Waals surface area contributed by atoms with Crippen molar-refractivity contribution >= 4 is 11.9 Å². The lowest BCUT2D eigenvalue weighted by atomic mass is 9.87. The first-order valence-electron chi connectivity index (χ1n) is 13.2. The van der Waals surface area contributed by atoms with Gasteiger partial charge in [0.1, 0.15) is 18.4 Å². The van der Waals surface area contributed by atoms with Crippen molar-refractivity contribution in [1.29, 1.82) is 0 Å². The quantitative estimate of drug-likeness (QED) is 0.346. The van der Waals surface area contributed by atoms with Gasteiger partial charge in [0.15, 0.2) is 5.96 Å². The number of hydrogen-bond acceptors (Lipinski definition) is 6. The van der Waals surface area contributed by atoms with Gasteiger partial charge in [-0.25, -0.2) is 0 Å². The van der Waals surface area contributed by atoms with Gasteiger partial charge in [-0.1, -0.05) is 37.3 Å². The number of amides is 1. The summed E-state index contributed by atoms with van der Waals surface area (Å²) in [5.74, 6) is 0.00638. The number of benzene rings is 1. The van der Waals surface area contributed by atoms with Crippen molar-refractivity contribution in [2.75, 3.05) is 26.4 Å². The summed E-state index contributed by atoms with van der Waals surface area (Å²) in [6.07, 6.45) is 3.26. The highest BCUT2D eigenvalue weighted by Crippen LogP contribution is 2.39. The highest BCUT2D eigenvalue weighted by molar-refractivity contribution is 5.93. The second-order valence-corrected chi connectivity index (χ2v) is 9.66. The second kappa shape index (κ2) is 12.6. The van der Waals surface area contributed by atoms with Crippen LogP contribution in [0.15, 0.2) is 27.7 Å². The van der Waals surface area contributed by atoms with Crippen LogP contribution >= 0.6 is 0 Å². The summed E-state index contributed by atoms with van der Waals surface area (Å²) in [4.78, 5) is 21.8. The SMILES string of the molecule is CCOCC(=O)N=C(N)N1CCC[C@H]1c1nc(-c2ccc(OCCC3CCCCC3)c(C(F)(F)F)c2)no1. The summed E-state index contributed by atoms with van der Waals surface area (Å²) >= 11 is 0. The number of aliphatic imine (C=N–C) groups is 1. The average Bonchev–Trinajstić information content (AvgIpc) is 3.58. The fraction of sp³-hybridized carbons (Fsp3) is 0.615. The number of carbonyl (C=O) groups is 1. The van der Waals surface area contributed by atoms with Crippen molar-refractivity contribution in [3.63, 3.8) is 0 Å². The standard InChI is InChI=1S/C26H34F3N5O4/c1-2-36-16-22(35)31-25(30)34-13-6-9-20(34)24-32-23(33-38-24)18-10-11-21(19(15-18)26(27,28)29)37-14-12-17-7-4-3-5-8-17/h10-11,15,17,20H,2-9,12-14,16H2,1H3,(H2,30,31,35)/t20-/m0/s1. The summed E-state index contributed by atoms with van der Waals surface area (Å²) in [7, 11) is 0. The van der Waals surface area contributed by atoms with Gasteiger partial charge >= 0.3 is 6.18 Å². The summed E-state index contributed by atoms with van der Waals surface area (Å²) in [5.41, 5.74) is 5.32. The largest absolute Gasteiger partial charge is 0.493 e. The van der Waals surface area contributed by atoms with Gasteiger partial charge in [-0.15, -0.1) is 0 Å². The van der Waals surface area contributed by atoms with Crippen LogP contribution in [0.3, 0.4) is 0 Å². The fourth-order valence-corrected chi connectivity index (χ4v) is 5.03. The summed E-state index contributed by atoms with van der Waals surface area (Å²) in [6, 6.07) is 3.35. The predicted molar refractivity (Wildman–Crippen MR) is 133 cm³/mol. The van der Waals surface area contributed by atoms with Crippen LogP contribution in [0.1, 0.15) is 75.8 Å². The van der Waals surface area contributed by atoms with E-state index in [1.54, 1.807) is 11.8 Å². The van der Waals surface area contributed by atoms with Crippen molar-refractivity contribution in [2.45, 2.75) is 70.5 Å². The van der Waals surface area contributed by atoms with E-state index in [-0.39, 0.29) is 42.2 Å². The molecule has 12 heteroatoms. The molecule has 0 bridgehead atoms. The number of rotatable bonds is 9. The number of guanidine groups is 1. The third-order valence-electron chi connectivity index (χ3n) is 6.99. The van der Waals surface area contributed by atoms with E-state index in [1.165, 1.54) is 31.4 Å². The van der Waals surface area contributed by atoms with Gasteiger partial charge in [-0.3, -0.25) is 4.79 Å². The van der Waals surface area contributed by atoms with E-state index < -0.39 is 23.7 Å². The summed E-state index contributed by atoms with van der Waals surface area (Å²) in [6.45, 7) is 2.72. The molecule has 1 amide bonds. The molecule has 1 atom stereocenters. The Morgan fingerprint density at radius 2 is 2.00 bits per heavy atom. The first kappa shape index (κ1) is 27.9. The van der Waals surface area contributed by atoms with Crippen LogP contribution in [0.25, 0.3) is 11.4 Å². The van der Waals surface area contributed by atoms with Gasteiger partial charge in [-0.2, -0.15) is 23.1 Å². The van der Waals surface area contributed by atoms with E-state index in [9.17, 15) is 18.0 Å². The van der Waals surface area contributed by atoms with Gasteiger partial charge in [0.2, 0.25) is 11.7 Å². The molecular formula is C26H34F3N5O4. The molecule has 2 N–H and O–H groups in total. The molecule has 38 heavy (non-hydrogen) atoms. The number of hydrogen-bond donors (Lipinski definition) is 1. The Kier molecular flexibility index (Phi) is 9.24. The third-order valence-corrected chi connectivity index (χ3v) is 6.99. The Labute approximate surface area is 219 Å². The van der Waals surface area contributed by atoms with Crippen molar-refractivity contribution < 1.29 is 32.0 Å². The fourth-order valence-electron chi connectivity index (χ4n) is 5.03. The molecule has 2 heterocycles. The van der Waals surface area contributed by atoms with E-state index in [0.717, 1.165) is 31.7 Å². The normalized spacial score (nSPS) is 19.2. The van der Waals surface area contributed by atoms with Gasteiger partial charge < -0.3 is 24.6 Å². The topological polar surface area (TPSA) is 116 Å². The maximum absolute atomic E-state index is 13.9.